The Bertz CT molecular complexity index is 744. The fourth-order valence-corrected chi connectivity index (χ4v) is 2.56. The van der Waals surface area contributed by atoms with E-state index in [0.717, 1.165) is 23.3 Å². The third-order valence-corrected chi connectivity index (χ3v) is 3.78. The molecule has 0 amide bonds. The summed E-state index contributed by atoms with van der Waals surface area (Å²) >= 11 is 0. The molecule has 146 valence electrons. The second kappa shape index (κ2) is 8.55. The van der Waals surface area contributed by atoms with Crippen molar-refractivity contribution in [1.82, 2.24) is 5.32 Å². The predicted molar refractivity (Wildman–Crippen MR) is 115 cm³/mol. The number of hydrogen-bond donors (Lipinski definition) is 1. The lowest BCUT2D eigenvalue weighted by atomic mass is 9.93. The molecule has 4 heteroatoms. The third-order valence-electron chi connectivity index (χ3n) is 3.78. The Morgan fingerprint density at radius 1 is 1.07 bits per heavy atom. The first kappa shape index (κ1) is 20.9. The fraction of sp³-hybridized carbons (Fsp3) is 0.478. The van der Waals surface area contributed by atoms with E-state index in [1.165, 1.54) is 0 Å². The standard InChI is InChI=1S/C23H33N3O/c1-17-13-15-19(16-14-17)20(18-11-9-8-10-12-18)26-27-21(24-22(2,3)4)25-23(5,6)7/h8-13,15-17H,14H2,1-7H3,(H,24,25). The van der Waals surface area contributed by atoms with E-state index in [1.54, 1.807) is 0 Å². The van der Waals surface area contributed by atoms with Crippen LogP contribution in [0.2, 0.25) is 0 Å². The van der Waals surface area contributed by atoms with Crippen molar-refractivity contribution in [2.45, 2.75) is 66.0 Å². The molecule has 0 radical (unpaired) electrons. The molecule has 2 rings (SSSR count). The molecule has 1 unspecified atom stereocenters. The van der Waals surface area contributed by atoms with Crippen LogP contribution in [0.4, 0.5) is 0 Å². The number of nitrogens with one attached hydrogen (secondary N) is 1. The maximum Gasteiger partial charge on any atom is 0.315 e. The van der Waals surface area contributed by atoms with Gasteiger partial charge in [0, 0.05) is 11.1 Å². The second-order valence-electron chi connectivity index (χ2n) is 9.09. The molecule has 0 saturated carbocycles. The SMILES string of the molecule is CC1C=CC(C(=NOC(=NC(C)(C)C)NC(C)(C)C)c2ccccc2)=CC1. The number of amidine groups is 1. The van der Waals surface area contributed by atoms with Gasteiger partial charge in [0.2, 0.25) is 0 Å². The normalized spacial score (nSPS) is 18.9. The van der Waals surface area contributed by atoms with Crippen molar-refractivity contribution >= 4 is 11.7 Å². The van der Waals surface area contributed by atoms with Gasteiger partial charge in [0.1, 0.15) is 5.71 Å². The number of allylic oxidation sites excluding steroid dienone is 4. The summed E-state index contributed by atoms with van der Waals surface area (Å²) in [5.74, 6) is 0.548. The van der Waals surface area contributed by atoms with Crippen LogP contribution in [-0.2, 0) is 4.84 Å². The summed E-state index contributed by atoms with van der Waals surface area (Å²) in [5.41, 5.74) is 2.47. The first-order chi connectivity index (χ1) is 12.5. The van der Waals surface area contributed by atoms with Gasteiger partial charge in [-0.3, -0.25) is 0 Å². The van der Waals surface area contributed by atoms with E-state index in [2.05, 4.69) is 61.4 Å². The van der Waals surface area contributed by atoms with Gasteiger partial charge in [-0.1, -0.05) is 60.6 Å². The van der Waals surface area contributed by atoms with Gasteiger partial charge >= 0.3 is 6.02 Å². The summed E-state index contributed by atoms with van der Waals surface area (Å²) in [5, 5.41) is 7.83. The van der Waals surface area contributed by atoms with Crippen LogP contribution in [0.15, 0.2) is 64.3 Å². The molecule has 0 aliphatic heterocycles. The Balaban J connectivity index is 2.38. The summed E-state index contributed by atoms with van der Waals surface area (Å²) < 4.78 is 0. The van der Waals surface area contributed by atoms with Crippen molar-refractivity contribution in [3.63, 3.8) is 0 Å². The van der Waals surface area contributed by atoms with Crippen LogP contribution < -0.4 is 5.32 Å². The maximum absolute atomic E-state index is 5.84. The Labute approximate surface area is 164 Å². The van der Waals surface area contributed by atoms with Gasteiger partial charge in [0.05, 0.1) is 5.54 Å². The van der Waals surface area contributed by atoms with Crippen LogP contribution in [0.1, 0.15) is 60.5 Å². The molecule has 1 aromatic rings. The number of benzene rings is 1. The van der Waals surface area contributed by atoms with E-state index in [9.17, 15) is 0 Å². The highest BCUT2D eigenvalue weighted by atomic mass is 16.6. The predicted octanol–water partition coefficient (Wildman–Crippen LogP) is 5.47. The first-order valence-electron chi connectivity index (χ1n) is 9.61. The minimum atomic E-state index is -0.268. The van der Waals surface area contributed by atoms with Gasteiger partial charge in [0.25, 0.3) is 0 Å². The average molecular weight is 368 g/mol. The van der Waals surface area contributed by atoms with E-state index in [0.29, 0.717) is 11.9 Å². The average Bonchev–Trinajstić information content (AvgIpc) is 2.54. The summed E-state index contributed by atoms with van der Waals surface area (Å²) in [6.45, 7) is 14.5. The lowest BCUT2D eigenvalue weighted by molar-refractivity contribution is 0.286. The quantitative estimate of drug-likeness (QED) is 0.437. The Morgan fingerprint density at radius 3 is 2.26 bits per heavy atom. The van der Waals surface area contributed by atoms with Crippen molar-refractivity contribution in [2.75, 3.05) is 0 Å². The minimum Gasteiger partial charge on any atom is -0.334 e. The van der Waals surface area contributed by atoms with Gasteiger partial charge in [-0.25, -0.2) is 4.99 Å². The highest BCUT2D eigenvalue weighted by Gasteiger charge is 2.19. The summed E-state index contributed by atoms with van der Waals surface area (Å²) in [7, 11) is 0. The summed E-state index contributed by atoms with van der Waals surface area (Å²) in [6, 6.07) is 10.6. The molecule has 1 N–H and O–H groups in total. The molecule has 0 spiro atoms. The fourth-order valence-electron chi connectivity index (χ4n) is 2.56. The third kappa shape index (κ3) is 7.41. The monoisotopic (exact) mass is 367 g/mol. The Hall–Kier alpha value is -2.36. The zero-order chi connectivity index (χ0) is 20.1. The van der Waals surface area contributed by atoms with E-state index in [-0.39, 0.29) is 11.1 Å². The molecule has 1 aromatic carbocycles. The zero-order valence-corrected chi connectivity index (χ0v) is 17.7. The highest BCUT2D eigenvalue weighted by Crippen LogP contribution is 2.20. The molecule has 0 fully saturated rings. The highest BCUT2D eigenvalue weighted by molar-refractivity contribution is 6.14. The van der Waals surface area contributed by atoms with Crippen molar-refractivity contribution in [2.24, 2.45) is 16.1 Å². The molecule has 1 aliphatic carbocycles. The molecule has 4 nitrogen and oxygen atoms in total. The maximum atomic E-state index is 5.84. The van der Waals surface area contributed by atoms with Crippen LogP contribution in [-0.4, -0.2) is 22.8 Å². The minimum absolute atomic E-state index is 0.175. The number of nitrogens with zero attached hydrogens (tertiary/aromatic N) is 2. The van der Waals surface area contributed by atoms with Crippen LogP contribution >= 0.6 is 0 Å². The van der Waals surface area contributed by atoms with Crippen molar-refractivity contribution in [1.29, 1.82) is 0 Å². The van der Waals surface area contributed by atoms with Crippen LogP contribution in [0.5, 0.6) is 0 Å². The molecule has 0 aromatic heterocycles. The first-order valence-corrected chi connectivity index (χ1v) is 9.61. The van der Waals surface area contributed by atoms with Gasteiger partial charge < -0.3 is 10.2 Å². The van der Waals surface area contributed by atoms with Gasteiger partial charge in [-0.2, -0.15) is 0 Å². The van der Waals surface area contributed by atoms with E-state index in [1.807, 2.05) is 51.1 Å². The molecule has 1 aliphatic rings. The molecule has 0 heterocycles. The molecule has 1 atom stereocenters. The van der Waals surface area contributed by atoms with Crippen molar-refractivity contribution < 1.29 is 4.84 Å². The van der Waals surface area contributed by atoms with E-state index >= 15 is 0 Å². The molecular weight excluding hydrogens is 334 g/mol. The lowest BCUT2D eigenvalue weighted by Crippen LogP contribution is -2.42. The zero-order valence-electron chi connectivity index (χ0n) is 17.7. The summed E-state index contributed by atoms with van der Waals surface area (Å²) in [4.78, 5) is 10.5. The lowest BCUT2D eigenvalue weighted by Gasteiger charge is -2.24. The number of aliphatic imine (C=N–C) groups is 1. The number of rotatable bonds is 3. The van der Waals surface area contributed by atoms with Crippen molar-refractivity contribution in [3.8, 4) is 0 Å². The van der Waals surface area contributed by atoms with Gasteiger partial charge in [-0.05, 0) is 59.5 Å². The van der Waals surface area contributed by atoms with Crippen LogP contribution in [0.3, 0.4) is 0 Å². The largest absolute Gasteiger partial charge is 0.334 e. The Kier molecular flexibility index (Phi) is 6.63. The molecular formula is C23H33N3O. The molecule has 27 heavy (non-hydrogen) atoms. The van der Waals surface area contributed by atoms with Gasteiger partial charge in [0.15, 0.2) is 0 Å². The molecule has 0 saturated heterocycles. The van der Waals surface area contributed by atoms with E-state index in [4.69, 9.17) is 4.84 Å². The number of hydrogen-bond acceptors (Lipinski definition) is 3. The van der Waals surface area contributed by atoms with Crippen LogP contribution in [0.25, 0.3) is 0 Å². The van der Waals surface area contributed by atoms with Crippen molar-refractivity contribution in [3.05, 3.63) is 59.7 Å². The smallest absolute Gasteiger partial charge is 0.315 e. The van der Waals surface area contributed by atoms with E-state index < -0.39 is 0 Å². The second-order valence-corrected chi connectivity index (χ2v) is 9.09. The van der Waals surface area contributed by atoms with Crippen LogP contribution in [0, 0.1) is 5.92 Å². The summed E-state index contributed by atoms with van der Waals surface area (Å²) in [6.07, 6.45) is 7.56. The Morgan fingerprint density at radius 2 is 1.74 bits per heavy atom. The topological polar surface area (TPSA) is 46.0 Å². The van der Waals surface area contributed by atoms with Gasteiger partial charge in [-0.15, -0.1) is 0 Å². The number of oxime groups is 1. The molecule has 0 bridgehead atoms.